The Bertz CT molecular complexity index is 1140. The molecule has 1 saturated carbocycles. The average molecular weight is 678 g/mol. The number of phenols is 1. The summed E-state index contributed by atoms with van der Waals surface area (Å²) in [6.45, 7) is 7.38. The second-order valence-corrected chi connectivity index (χ2v) is 13.3. The fourth-order valence-corrected chi connectivity index (χ4v) is 7.72. The first kappa shape index (κ1) is 35.3. The maximum absolute atomic E-state index is 12.0. The molecule has 3 aliphatic heterocycles. The molecule has 1 aliphatic carbocycles. The van der Waals surface area contributed by atoms with Gasteiger partial charge < -0.3 is 51.4 Å². The number of fused-ring (bicyclic) bond motifs is 3. The van der Waals surface area contributed by atoms with E-state index in [9.17, 15) is 20.4 Å². The molecular weight excluding hydrogens is 624 g/mol. The zero-order valence-corrected chi connectivity index (χ0v) is 27.8. The van der Waals surface area contributed by atoms with Crippen LogP contribution in [0.2, 0.25) is 0 Å². The Labute approximate surface area is 273 Å². The van der Waals surface area contributed by atoms with Crippen molar-refractivity contribution >= 4 is 0 Å². The van der Waals surface area contributed by atoms with E-state index in [4.69, 9.17) is 9.47 Å². The number of piperidine rings is 3. The number of aliphatic hydroxyl groups is 3. The fourth-order valence-electron chi connectivity index (χ4n) is 7.72. The largest absolute Gasteiger partial charge is 1.00 e. The number of rotatable bonds is 16. The molecule has 5 N–H and O–H groups in total. The Hall–Kier alpha value is -1.56. The molecule has 3 heterocycles. The molecule has 8 nitrogen and oxygen atoms in total. The molecule has 2 bridgehead atoms. The van der Waals surface area contributed by atoms with Crippen molar-refractivity contribution in [1.29, 1.82) is 0 Å². The van der Waals surface area contributed by atoms with Crippen molar-refractivity contribution < 1.29 is 51.4 Å². The van der Waals surface area contributed by atoms with Crippen LogP contribution < -0.4 is 22.3 Å². The Kier molecular flexibility index (Phi) is 13.1. The van der Waals surface area contributed by atoms with Crippen LogP contribution in [0.3, 0.4) is 0 Å². The van der Waals surface area contributed by atoms with E-state index in [1.165, 1.54) is 18.9 Å². The van der Waals surface area contributed by atoms with Crippen molar-refractivity contribution in [2.24, 2.45) is 11.8 Å². The molecule has 246 valence electrons. The summed E-state index contributed by atoms with van der Waals surface area (Å²) in [5, 5.41) is 45.4. The zero-order chi connectivity index (χ0) is 30.3. The summed E-state index contributed by atoms with van der Waals surface area (Å²) >= 11 is 0. The Balaban J connectivity index is 0.00000442. The molecule has 4 fully saturated rings. The monoisotopic (exact) mass is 676 g/mol. The van der Waals surface area contributed by atoms with Crippen LogP contribution >= 0.6 is 0 Å². The molecule has 1 unspecified atom stereocenters. The summed E-state index contributed by atoms with van der Waals surface area (Å²) in [6.07, 6.45) is 7.83. The standard InChI is InChI=1S/C35H52N2O6.BrH/c1-2-8-34(36-22-32(40)27-13-14-31(39)28(21-27)24-38)42-20-19-37-17-15-26(16-18-37)33(23-37)43-25-35(41,30-11-6-7-12-30)29-9-4-3-5-10-29;/h3-5,9-10,13-14,21,26,30,32-34,36,38,40-41H,2,6-8,11-12,15-20,22-25H2,1H3;1H/t26?,32-,33-,34?,35+,37?;/m0./s1. The normalized spacial score (nSPS) is 26.2. The smallest absolute Gasteiger partial charge is 0.121 e. The molecule has 4 aliphatic rings. The maximum atomic E-state index is 12.0. The van der Waals surface area contributed by atoms with Gasteiger partial charge in [0.15, 0.2) is 0 Å². The average Bonchev–Trinajstić information content (AvgIpc) is 3.59. The Morgan fingerprint density at radius 3 is 2.45 bits per heavy atom. The number of ether oxygens (including phenoxy) is 2. The lowest BCUT2D eigenvalue weighted by atomic mass is 9.80. The van der Waals surface area contributed by atoms with Crippen LogP contribution in [-0.4, -0.2) is 83.2 Å². The molecule has 0 radical (unpaired) electrons. The SMILES string of the molecule is CCCC(NC[C@H](O)c1ccc(O)c(CO)c1)OCC[N+]12CCC(CC1)[C@@H](OC[C@@](O)(c1ccccc1)C1CCCC1)C2.[Br-]. The molecule has 4 atom stereocenters. The van der Waals surface area contributed by atoms with Crippen molar-refractivity contribution in [2.45, 2.75) is 88.9 Å². The van der Waals surface area contributed by atoms with Gasteiger partial charge in [-0.15, -0.1) is 0 Å². The highest BCUT2D eigenvalue weighted by atomic mass is 79.9. The molecule has 6 rings (SSSR count). The first-order valence-electron chi connectivity index (χ1n) is 16.6. The Morgan fingerprint density at radius 2 is 1.77 bits per heavy atom. The minimum absolute atomic E-state index is 0. The third-order valence-corrected chi connectivity index (χ3v) is 10.5. The van der Waals surface area contributed by atoms with Crippen LogP contribution in [0.4, 0.5) is 0 Å². The number of nitrogens with zero attached hydrogens (tertiary/aromatic N) is 1. The summed E-state index contributed by atoms with van der Waals surface area (Å²) in [5.41, 5.74) is 1.11. The number of halogens is 1. The van der Waals surface area contributed by atoms with Gasteiger partial charge in [0.25, 0.3) is 0 Å². The maximum Gasteiger partial charge on any atom is 0.121 e. The molecule has 0 spiro atoms. The summed E-state index contributed by atoms with van der Waals surface area (Å²) in [7, 11) is 0. The van der Waals surface area contributed by atoms with Gasteiger partial charge in [0.05, 0.1) is 39.0 Å². The summed E-state index contributed by atoms with van der Waals surface area (Å²) < 4.78 is 14.1. The van der Waals surface area contributed by atoms with Gasteiger partial charge in [-0.05, 0) is 48.4 Å². The number of quaternary nitrogens is 1. The predicted octanol–water partition coefficient (Wildman–Crippen LogP) is 1.36. The predicted molar refractivity (Wildman–Crippen MR) is 166 cm³/mol. The van der Waals surface area contributed by atoms with Gasteiger partial charge in [-0.1, -0.05) is 62.6 Å². The van der Waals surface area contributed by atoms with Crippen LogP contribution in [-0.2, 0) is 21.7 Å². The van der Waals surface area contributed by atoms with E-state index in [1.54, 1.807) is 12.1 Å². The van der Waals surface area contributed by atoms with Crippen molar-refractivity contribution in [3.05, 3.63) is 65.2 Å². The molecule has 3 saturated heterocycles. The van der Waals surface area contributed by atoms with Crippen LogP contribution in [0, 0.1) is 11.8 Å². The van der Waals surface area contributed by atoms with E-state index in [2.05, 4.69) is 24.4 Å². The zero-order valence-electron chi connectivity index (χ0n) is 26.2. The van der Waals surface area contributed by atoms with Gasteiger partial charge >= 0.3 is 0 Å². The first-order chi connectivity index (χ1) is 20.9. The van der Waals surface area contributed by atoms with E-state index in [0.717, 1.165) is 74.8 Å². The minimum Gasteiger partial charge on any atom is -1.00 e. The highest BCUT2D eigenvalue weighted by Crippen LogP contribution is 2.42. The number of aromatic hydroxyl groups is 1. The number of hydrogen-bond acceptors (Lipinski definition) is 7. The van der Waals surface area contributed by atoms with Gasteiger partial charge in [0, 0.05) is 30.9 Å². The van der Waals surface area contributed by atoms with E-state index in [0.29, 0.717) is 36.8 Å². The van der Waals surface area contributed by atoms with Crippen molar-refractivity contribution in [1.82, 2.24) is 5.32 Å². The van der Waals surface area contributed by atoms with E-state index in [-0.39, 0.29) is 47.6 Å². The van der Waals surface area contributed by atoms with Crippen LogP contribution in [0.25, 0.3) is 0 Å². The van der Waals surface area contributed by atoms with Gasteiger partial charge in [-0.3, -0.25) is 5.32 Å². The first-order valence-corrected chi connectivity index (χ1v) is 16.6. The van der Waals surface area contributed by atoms with Crippen molar-refractivity contribution in [2.75, 3.05) is 45.9 Å². The van der Waals surface area contributed by atoms with E-state index in [1.807, 2.05) is 18.2 Å². The molecular formula is C35H53BrN2O6. The van der Waals surface area contributed by atoms with Crippen LogP contribution in [0.5, 0.6) is 5.75 Å². The molecule has 9 heteroatoms. The fraction of sp³-hybridized carbons (Fsp3) is 0.657. The van der Waals surface area contributed by atoms with E-state index >= 15 is 0 Å². The quantitative estimate of drug-likeness (QED) is 0.135. The number of hydrogen-bond donors (Lipinski definition) is 5. The molecule has 44 heavy (non-hydrogen) atoms. The summed E-state index contributed by atoms with van der Waals surface area (Å²) in [4.78, 5) is 0. The third kappa shape index (κ3) is 8.42. The third-order valence-electron chi connectivity index (χ3n) is 10.5. The minimum atomic E-state index is -0.929. The van der Waals surface area contributed by atoms with Gasteiger partial charge in [0.2, 0.25) is 0 Å². The molecule has 0 amide bonds. The number of aliphatic hydroxyl groups excluding tert-OH is 2. The highest BCUT2D eigenvalue weighted by Gasteiger charge is 2.48. The second kappa shape index (κ2) is 16.3. The lowest BCUT2D eigenvalue weighted by Crippen LogP contribution is -3.00. The lowest BCUT2D eigenvalue weighted by Gasteiger charge is -2.53. The van der Waals surface area contributed by atoms with Gasteiger partial charge in [0.1, 0.15) is 36.8 Å². The van der Waals surface area contributed by atoms with Crippen molar-refractivity contribution in [3.8, 4) is 5.75 Å². The highest BCUT2D eigenvalue weighted by molar-refractivity contribution is 5.36. The number of benzene rings is 2. The molecule has 2 aromatic rings. The van der Waals surface area contributed by atoms with E-state index < -0.39 is 11.7 Å². The van der Waals surface area contributed by atoms with Crippen LogP contribution in [0.15, 0.2) is 48.5 Å². The summed E-state index contributed by atoms with van der Waals surface area (Å²) in [6, 6.07) is 15.0. The van der Waals surface area contributed by atoms with Crippen LogP contribution in [0.1, 0.15) is 81.1 Å². The van der Waals surface area contributed by atoms with Crippen molar-refractivity contribution in [3.63, 3.8) is 0 Å². The Morgan fingerprint density at radius 1 is 1.05 bits per heavy atom. The topological polar surface area (TPSA) is 111 Å². The van der Waals surface area contributed by atoms with Gasteiger partial charge in [-0.25, -0.2) is 0 Å². The lowest BCUT2D eigenvalue weighted by molar-refractivity contribution is -0.946. The molecule has 0 aromatic heterocycles. The second-order valence-electron chi connectivity index (χ2n) is 13.3. The summed E-state index contributed by atoms with van der Waals surface area (Å²) in [5.74, 6) is 0.841. The van der Waals surface area contributed by atoms with Gasteiger partial charge in [-0.2, -0.15) is 0 Å². The molecule has 2 aromatic carbocycles. The number of nitrogens with one attached hydrogen (secondary N) is 1.